The van der Waals surface area contributed by atoms with E-state index in [2.05, 4.69) is 9.72 Å². The Bertz CT molecular complexity index is 782. The number of pyridine rings is 1. The lowest BCUT2D eigenvalue weighted by atomic mass is 10.0. The Labute approximate surface area is 116 Å². The van der Waals surface area contributed by atoms with Gasteiger partial charge in [-0.05, 0) is 24.8 Å². The second kappa shape index (κ2) is 4.49. The largest absolute Gasteiger partial charge is 0.511 e. The molecule has 0 spiro atoms. The van der Waals surface area contributed by atoms with Gasteiger partial charge in [-0.1, -0.05) is 11.6 Å². The first kappa shape index (κ1) is 12.9. The summed E-state index contributed by atoms with van der Waals surface area (Å²) in [7, 11) is 0. The zero-order valence-corrected chi connectivity index (χ0v) is 10.8. The molecule has 1 fully saturated rings. The van der Waals surface area contributed by atoms with E-state index in [1.165, 1.54) is 0 Å². The van der Waals surface area contributed by atoms with Crippen molar-refractivity contribution in [2.24, 2.45) is 0 Å². The number of carbonyl (C=O) groups is 1. The average molecular weight is 298 g/mol. The molecule has 0 radical (unpaired) electrons. The van der Waals surface area contributed by atoms with Gasteiger partial charge in [0.15, 0.2) is 5.75 Å². The van der Waals surface area contributed by atoms with Crippen molar-refractivity contribution in [2.75, 3.05) is 0 Å². The van der Waals surface area contributed by atoms with Crippen LogP contribution in [0.4, 0.5) is 9.18 Å². The number of rotatable bonds is 2. The Morgan fingerprint density at radius 1 is 1.50 bits per heavy atom. The van der Waals surface area contributed by atoms with Crippen LogP contribution in [0.15, 0.2) is 17.1 Å². The molecule has 0 atom stereocenters. The highest BCUT2D eigenvalue weighted by atomic mass is 35.5. The van der Waals surface area contributed by atoms with Gasteiger partial charge in [0.2, 0.25) is 5.43 Å². The molecule has 1 aliphatic carbocycles. The summed E-state index contributed by atoms with van der Waals surface area (Å²) in [6.45, 7) is 0. The highest BCUT2D eigenvalue weighted by molar-refractivity contribution is 6.32. The van der Waals surface area contributed by atoms with Gasteiger partial charge in [-0.25, -0.2) is 9.18 Å². The van der Waals surface area contributed by atoms with Crippen molar-refractivity contribution in [1.82, 2.24) is 4.98 Å². The van der Waals surface area contributed by atoms with Gasteiger partial charge < -0.3 is 14.8 Å². The van der Waals surface area contributed by atoms with E-state index in [4.69, 9.17) is 16.7 Å². The lowest BCUT2D eigenvalue weighted by Crippen LogP contribution is -2.14. The van der Waals surface area contributed by atoms with Crippen LogP contribution in [0.2, 0.25) is 5.02 Å². The Morgan fingerprint density at radius 3 is 2.80 bits per heavy atom. The van der Waals surface area contributed by atoms with E-state index in [1.54, 1.807) is 0 Å². The first-order chi connectivity index (χ1) is 9.49. The predicted molar refractivity (Wildman–Crippen MR) is 70.2 cm³/mol. The predicted octanol–water partition coefficient (Wildman–Crippen LogP) is 3.25. The maximum Gasteiger partial charge on any atom is 0.511 e. The van der Waals surface area contributed by atoms with Crippen LogP contribution in [-0.4, -0.2) is 16.2 Å². The Balaban J connectivity index is 2.30. The van der Waals surface area contributed by atoms with E-state index < -0.39 is 23.2 Å². The summed E-state index contributed by atoms with van der Waals surface area (Å²) >= 11 is 5.96. The SMILES string of the molecule is O=C(O)Oc1c[nH]c2c(C3CC3)c(Cl)c(F)cc2c1=O. The molecular weight excluding hydrogens is 289 g/mol. The molecule has 3 rings (SSSR count). The van der Waals surface area contributed by atoms with E-state index >= 15 is 0 Å². The molecule has 2 N–H and O–H groups in total. The number of hydrogen-bond acceptors (Lipinski definition) is 3. The normalized spacial score (nSPS) is 14.5. The quantitative estimate of drug-likeness (QED) is 0.834. The van der Waals surface area contributed by atoms with Gasteiger partial charge in [0, 0.05) is 11.8 Å². The van der Waals surface area contributed by atoms with Crippen LogP contribution in [0.25, 0.3) is 10.9 Å². The topological polar surface area (TPSA) is 79.4 Å². The van der Waals surface area contributed by atoms with Crippen LogP contribution >= 0.6 is 11.6 Å². The standard InChI is InChI=1S/C13H9ClFNO4/c14-10-7(15)3-6-11(9(10)5-1-2-5)16-4-8(12(6)17)20-13(18)19/h3-5H,1-2H2,(H,16,17)(H,18,19). The molecule has 1 aromatic carbocycles. The lowest BCUT2D eigenvalue weighted by Gasteiger charge is -2.09. The third-order valence-electron chi connectivity index (χ3n) is 3.25. The first-order valence-corrected chi connectivity index (χ1v) is 6.31. The summed E-state index contributed by atoms with van der Waals surface area (Å²) in [6, 6.07) is 0.997. The molecule has 1 saturated carbocycles. The first-order valence-electron chi connectivity index (χ1n) is 5.93. The number of nitrogens with one attached hydrogen (secondary N) is 1. The molecule has 1 aliphatic rings. The van der Waals surface area contributed by atoms with Gasteiger partial charge in [-0.15, -0.1) is 0 Å². The van der Waals surface area contributed by atoms with Crippen LogP contribution in [0.3, 0.4) is 0 Å². The van der Waals surface area contributed by atoms with Gasteiger partial charge in [0.25, 0.3) is 0 Å². The van der Waals surface area contributed by atoms with E-state index in [1.807, 2.05) is 0 Å². The number of fused-ring (bicyclic) bond motifs is 1. The zero-order valence-electron chi connectivity index (χ0n) is 10.1. The fourth-order valence-corrected chi connectivity index (χ4v) is 2.54. The minimum Gasteiger partial charge on any atom is -0.449 e. The molecule has 1 aromatic heterocycles. The van der Waals surface area contributed by atoms with Crippen molar-refractivity contribution in [1.29, 1.82) is 0 Å². The van der Waals surface area contributed by atoms with E-state index in [9.17, 15) is 14.0 Å². The van der Waals surface area contributed by atoms with Gasteiger partial charge >= 0.3 is 6.16 Å². The number of ether oxygens (including phenoxy) is 1. The number of aromatic amines is 1. The van der Waals surface area contributed by atoms with Crippen molar-refractivity contribution in [2.45, 2.75) is 18.8 Å². The summed E-state index contributed by atoms with van der Waals surface area (Å²) < 4.78 is 18.2. The smallest absolute Gasteiger partial charge is 0.449 e. The molecule has 0 amide bonds. The number of aromatic nitrogens is 1. The third kappa shape index (κ3) is 2.02. The average Bonchev–Trinajstić information content (AvgIpc) is 3.19. The minimum atomic E-state index is -1.60. The van der Waals surface area contributed by atoms with Crippen molar-refractivity contribution >= 4 is 28.7 Å². The van der Waals surface area contributed by atoms with E-state index in [-0.39, 0.29) is 16.3 Å². The summed E-state index contributed by atoms with van der Waals surface area (Å²) in [5, 5.41) is 8.58. The second-order valence-electron chi connectivity index (χ2n) is 4.63. The minimum absolute atomic E-state index is 0.00236. The van der Waals surface area contributed by atoms with E-state index in [0.29, 0.717) is 11.1 Å². The molecule has 1 heterocycles. The zero-order chi connectivity index (χ0) is 14.4. The Morgan fingerprint density at radius 2 is 2.20 bits per heavy atom. The summed E-state index contributed by atoms with van der Waals surface area (Å²) in [5.41, 5.74) is 0.320. The Hall–Kier alpha value is -2.08. The number of benzene rings is 1. The number of H-pyrrole nitrogens is 1. The maximum absolute atomic E-state index is 13.8. The maximum atomic E-state index is 13.8. The van der Waals surface area contributed by atoms with Crippen LogP contribution in [0, 0.1) is 5.82 Å². The summed E-state index contributed by atoms with van der Waals surface area (Å²) in [6.07, 6.45) is 1.31. The number of carboxylic acid groups (broad SMARTS) is 1. The van der Waals surface area contributed by atoms with Gasteiger partial charge in [0.05, 0.1) is 15.9 Å². The molecule has 7 heteroatoms. The van der Waals surface area contributed by atoms with Crippen LogP contribution < -0.4 is 10.2 Å². The lowest BCUT2D eigenvalue weighted by molar-refractivity contribution is 0.144. The van der Waals surface area contributed by atoms with Crippen molar-refractivity contribution in [3.05, 3.63) is 38.9 Å². The van der Waals surface area contributed by atoms with Gasteiger partial charge in [-0.3, -0.25) is 4.79 Å². The molecule has 0 unspecified atom stereocenters. The van der Waals surface area contributed by atoms with Crippen LogP contribution in [-0.2, 0) is 0 Å². The van der Waals surface area contributed by atoms with Crippen LogP contribution in [0.1, 0.15) is 24.3 Å². The molecule has 0 saturated heterocycles. The third-order valence-corrected chi connectivity index (χ3v) is 3.64. The fraction of sp³-hybridized carbons (Fsp3) is 0.231. The monoisotopic (exact) mass is 297 g/mol. The molecule has 0 bridgehead atoms. The number of hydrogen-bond donors (Lipinski definition) is 2. The van der Waals surface area contributed by atoms with Crippen LogP contribution in [0.5, 0.6) is 5.75 Å². The Kier molecular flexibility index (Phi) is 2.90. The summed E-state index contributed by atoms with van der Waals surface area (Å²) in [5.74, 6) is -0.963. The highest BCUT2D eigenvalue weighted by Gasteiger charge is 2.30. The molecular formula is C13H9ClFNO4. The molecule has 2 aromatic rings. The second-order valence-corrected chi connectivity index (χ2v) is 5.01. The van der Waals surface area contributed by atoms with Crippen molar-refractivity contribution < 1.29 is 19.0 Å². The highest BCUT2D eigenvalue weighted by Crippen LogP contribution is 2.46. The number of halogens is 2. The van der Waals surface area contributed by atoms with Gasteiger partial charge in [-0.2, -0.15) is 0 Å². The summed E-state index contributed by atoms with van der Waals surface area (Å²) in [4.78, 5) is 25.4. The molecule has 0 aliphatic heterocycles. The van der Waals surface area contributed by atoms with Crippen molar-refractivity contribution in [3.63, 3.8) is 0 Å². The molecule has 5 nitrogen and oxygen atoms in total. The molecule has 104 valence electrons. The van der Waals surface area contributed by atoms with Crippen molar-refractivity contribution in [3.8, 4) is 5.75 Å². The van der Waals surface area contributed by atoms with E-state index in [0.717, 1.165) is 25.1 Å². The molecule has 20 heavy (non-hydrogen) atoms. The van der Waals surface area contributed by atoms with Gasteiger partial charge in [0.1, 0.15) is 5.82 Å². The fourth-order valence-electron chi connectivity index (χ4n) is 2.24.